The molecule has 0 heterocycles. The molecule has 0 aliphatic heterocycles. The van der Waals surface area contributed by atoms with Crippen molar-refractivity contribution in [3.8, 4) is 0 Å². The molecule has 6 heteroatoms. The Labute approximate surface area is 153 Å². The number of aryl methyl sites for hydroxylation is 1. The Hall–Kier alpha value is -3.15. The van der Waals surface area contributed by atoms with Gasteiger partial charge in [-0.05, 0) is 25.0 Å². The Bertz CT molecular complexity index is 743. The largest absolute Gasteiger partial charge is 0.450 e. The molecule has 2 N–H and O–H groups in total. The van der Waals surface area contributed by atoms with Crippen molar-refractivity contribution in [1.29, 1.82) is 0 Å². The van der Waals surface area contributed by atoms with Crippen molar-refractivity contribution >= 4 is 18.2 Å². The van der Waals surface area contributed by atoms with E-state index < -0.39 is 12.1 Å². The van der Waals surface area contributed by atoms with Crippen LogP contribution in [0.1, 0.15) is 36.1 Å². The van der Waals surface area contributed by atoms with E-state index in [0.29, 0.717) is 0 Å². The molecular formula is C20H23N3O3. The van der Waals surface area contributed by atoms with Crippen LogP contribution in [0.25, 0.3) is 0 Å². The van der Waals surface area contributed by atoms with Crippen molar-refractivity contribution in [3.63, 3.8) is 0 Å². The Morgan fingerprint density at radius 2 is 1.81 bits per heavy atom. The van der Waals surface area contributed by atoms with Gasteiger partial charge in [0.25, 0.3) is 0 Å². The molecule has 26 heavy (non-hydrogen) atoms. The highest BCUT2D eigenvalue weighted by Crippen LogP contribution is 2.16. The quantitative estimate of drug-likeness (QED) is 0.592. The lowest BCUT2D eigenvalue weighted by Gasteiger charge is -2.18. The SMILES string of the molecule is CCOC(=O)N[C@H](CC(=O)N/N=C\c1ccc(C)cc1)c1ccccc1. The second-order valence-electron chi connectivity index (χ2n) is 5.74. The number of hydrazone groups is 1. The highest BCUT2D eigenvalue weighted by atomic mass is 16.5. The average molecular weight is 353 g/mol. The van der Waals surface area contributed by atoms with Crippen molar-refractivity contribution in [2.45, 2.75) is 26.3 Å². The molecule has 2 rings (SSSR count). The number of alkyl carbamates (subject to hydrolysis) is 1. The predicted molar refractivity (Wildman–Crippen MR) is 101 cm³/mol. The van der Waals surface area contributed by atoms with Gasteiger partial charge in [-0.25, -0.2) is 10.2 Å². The zero-order valence-electron chi connectivity index (χ0n) is 14.9. The molecule has 1 atom stereocenters. The first kappa shape index (κ1) is 19.2. The van der Waals surface area contributed by atoms with Crippen LogP contribution in [0.5, 0.6) is 0 Å². The zero-order valence-corrected chi connectivity index (χ0v) is 14.9. The van der Waals surface area contributed by atoms with Gasteiger partial charge < -0.3 is 10.1 Å². The average Bonchev–Trinajstić information content (AvgIpc) is 2.64. The van der Waals surface area contributed by atoms with Crippen LogP contribution in [0.15, 0.2) is 59.7 Å². The van der Waals surface area contributed by atoms with Gasteiger partial charge in [0, 0.05) is 0 Å². The Kier molecular flexibility index (Phi) is 7.36. The number of nitrogens with one attached hydrogen (secondary N) is 2. The molecule has 0 unspecified atom stereocenters. The number of hydrogen-bond acceptors (Lipinski definition) is 4. The van der Waals surface area contributed by atoms with E-state index in [2.05, 4.69) is 15.8 Å². The van der Waals surface area contributed by atoms with E-state index in [9.17, 15) is 9.59 Å². The van der Waals surface area contributed by atoms with Crippen LogP contribution in [0.3, 0.4) is 0 Å². The molecule has 0 spiro atoms. The highest BCUT2D eigenvalue weighted by molar-refractivity contribution is 5.83. The van der Waals surface area contributed by atoms with Crippen LogP contribution in [-0.2, 0) is 9.53 Å². The number of rotatable bonds is 7. The second-order valence-corrected chi connectivity index (χ2v) is 5.74. The fraction of sp³-hybridized carbons (Fsp3) is 0.250. The number of carbonyl (C=O) groups is 2. The molecule has 2 amide bonds. The van der Waals surface area contributed by atoms with Gasteiger partial charge in [0.15, 0.2) is 0 Å². The lowest BCUT2D eigenvalue weighted by atomic mass is 10.0. The maximum atomic E-state index is 12.2. The molecule has 0 aromatic heterocycles. The van der Waals surface area contributed by atoms with E-state index in [1.165, 1.54) is 0 Å². The van der Waals surface area contributed by atoms with Crippen LogP contribution in [0.4, 0.5) is 4.79 Å². The molecule has 2 aromatic rings. The maximum Gasteiger partial charge on any atom is 0.407 e. The first-order valence-electron chi connectivity index (χ1n) is 8.45. The minimum Gasteiger partial charge on any atom is -0.450 e. The summed E-state index contributed by atoms with van der Waals surface area (Å²) < 4.78 is 4.91. The minimum atomic E-state index is -0.558. The summed E-state index contributed by atoms with van der Waals surface area (Å²) in [5.41, 5.74) is 5.35. The fourth-order valence-corrected chi connectivity index (χ4v) is 2.31. The smallest absolute Gasteiger partial charge is 0.407 e. The van der Waals surface area contributed by atoms with E-state index in [1.807, 2.05) is 61.5 Å². The first-order chi connectivity index (χ1) is 12.6. The first-order valence-corrected chi connectivity index (χ1v) is 8.45. The lowest BCUT2D eigenvalue weighted by Crippen LogP contribution is -2.33. The Balaban J connectivity index is 1.96. The molecule has 0 aliphatic rings. The summed E-state index contributed by atoms with van der Waals surface area (Å²) in [6.07, 6.45) is 1.07. The van der Waals surface area contributed by atoms with Crippen LogP contribution >= 0.6 is 0 Å². The van der Waals surface area contributed by atoms with Crippen LogP contribution in [-0.4, -0.2) is 24.8 Å². The zero-order chi connectivity index (χ0) is 18.8. The standard InChI is InChI=1S/C20H23N3O3/c1-3-26-20(25)22-18(17-7-5-4-6-8-17)13-19(24)23-21-14-16-11-9-15(2)10-12-16/h4-12,14,18H,3,13H2,1-2H3,(H,22,25)(H,23,24)/b21-14-/t18-/m1/s1. The summed E-state index contributed by atoms with van der Waals surface area (Å²) in [6, 6.07) is 16.5. The monoisotopic (exact) mass is 353 g/mol. The number of carbonyl (C=O) groups excluding carboxylic acids is 2. The molecule has 0 saturated heterocycles. The Morgan fingerprint density at radius 1 is 1.12 bits per heavy atom. The molecule has 136 valence electrons. The van der Waals surface area contributed by atoms with E-state index >= 15 is 0 Å². The van der Waals surface area contributed by atoms with E-state index in [-0.39, 0.29) is 18.9 Å². The van der Waals surface area contributed by atoms with E-state index in [1.54, 1.807) is 13.1 Å². The van der Waals surface area contributed by atoms with E-state index in [0.717, 1.165) is 16.7 Å². The van der Waals surface area contributed by atoms with Gasteiger partial charge in [0.2, 0.25) is 5.91 Å². The summed E-state index contributed by atoms with van der Waals surface area (Å²) in [4.78, 5) is 23.9. The molecule has 6 nitrogen and oxygen atoms in total. The molecule has 0 saturated carbocycles. The van der Waals surface area contributed by atoms with Crippen molar-refractivity contribution < 1.29 is 14.3 Å². The third-order valence-electron chi connectivity index (χ3n) is 3.64. The van der Waals surface area contributed by atoms with Gasteiger partial charge in [-0.15, -0.1) is 0 Å². The van der Waals surface area contributed by atoms with Gasteiger partial charge in [-0.1, -0.05) is 60.2 Å². The lowest BCUT2D eigenvalue weighted by molar-refractivity contribution is -0.121. The van der Waals surface area contributed by atoms with Crippen LogP contribution in [0.2, 0.25) is 0 Å². The van der Waals surface area contributed by atoms with Gasteiger partial charge in [-0.3, -0.25) is 4.79 Å². The molecule has 2 aromatic carbocycles. The molecule has 0 bridgehead atoms. The number of amides is 2. The molecule has 0 aliphatic carbocycles. The van der Waals surface area contributed by atoms with Crippen molar-refractivity contribution in [1.82, 2.24) is 10.7 Å². The van der Waals surface area contributed by atoms with Crippen molar-refractivity contribution in [2.24, 2.45) is 5.10 Å². The predicted octanol–water partition coefficient (Wildman–Crippen LogP) is 3.32. The summed E-state index contributed by atoms with van der Waals surface area (Å²) >= 11 is 0. The molecule has 0 radical (unpaired) electrons. The van der Waals surface area contributed by atoms with Crippen molar-refractivity contribution in [3.05, 3.63) is 71.3 Å². The van der Waals surface area contributed by atoms with Crippen LogP contribution < -0.4 is 10.7 Å². The summed E-state index contributed by atoms with van der Waals surface area (Å²) in [7, 11) is 0. The summed E-state index contributed by atoms with van der Waals surface area (Å²) in [5.74, 6) is -0.306. The molecule has 0 fully saturated rings. The summed E-state index contributed by atoms with van der Waals surface area (Å²) in [5, 5.41) is 6.67. The van der Waals surface area contributed by atoms with Crippen molar-refractivity contribution in [2.75, 3.05) is 6.61 Å². The van der Waals surface area contributed by atoms with Crippen LogP contribution in [0, 0.1) is 6.92 Å². The second kappa shape index (κ2) is 9.98. The van der Waals surface area contributed by atoms with Gasteiger partial charge >= 0.3 is 6.09 Å². The summed E-state index contributed by atoms with van der Waals surface area (Å²) in [6.45, 7) is 3.99. The third-order valence-corrected chi connectivity index (χ3v) is 3.64. The number of hydrogen-bond donors (Lipinski definition) is 2. The third kappa shape index (κ3) is 6.39. The fourth-order valence-electron chi connectivity index (χ4n) is 2.31. The normalized spacial score (nSPS) is 11.8. The van der Waals surface area contributed by atoms with Gasteiger partial charge in [-0.2, -0.15) is 5.10 Å². The topological polar surface area (TPSA) is 79.8 Å². The van der Waals surface area contributed by atoms with Gasteiger partial charge in [0.05, 0.1) is 25.3 Å². The molecular weight excluding hydrogens is 330 g/mol. The highest BCUT2D eigenvalue weighted by Gasteiger charge is 2.18. The van der Waals surface area contributed by atoms with E-state index in [4.69, 9.17) is 4.74 Å². The Morgan fingerprint density at radius 3 is 2.46 bits per heavy atom. The number of ether oxygens (including phenoxy) is 1. The maximum absolute atomic E-state index is 12.2. The van der Waals surface area contributed by atoms with Gasteiger partial charge in [0.1, 0.15) is 0 Å². The number of nitrogens with zero attached hydrogens (tertiary/aromatic N) is 1. The minimum absolute atomic E-state index is 0.0497. The number of benzene rings is 2.